The third-order valence-electron chi connectivity index (χ3n) is 6.42. The molecule has 0 saturated heterocycles. The highest BCUT2D eigenvalue weighted by Crippen LogP contribution is 2.52. The number of nitrogens with zero attached hydrogens (tertiary/aromatic N) is 1. The van der Waals surface area contributed by atoms with Crippen molar-refractivity contribution in [3.8, 4) is 28.4 Å². The van der Waals surface area contributed by atoms with Crippen molar-refractivity contribution in [2.45, 2.75) is 18.9 Å². The predicted octanol–water partition coefficient (Wildman–Crippen LogP) is 4.68. The van der Waals surface area contributed by atoms with Crippen molar-refractivity contribution in [2.24, 2.45) is 0 Å². The van der Waals surface area contributed by atoms with Crippen LogP contribution in [0.1, 0.15) is 33.1 Å². The van der Waals surface area contributed by atoms with Crippen LogP contribution in [0.4, 0.5) is 0 Å². The van der Waals surface area contributed by atoms with Crippen LogP contribution in [0.5, 0.6) is 17.2 Å². The molecular weight excluding hydrogens is 390 g/mol. The number of hydrogen-bond donors (Lipinski definition) is 0. The molecule has 158 valence electrons. The van der Waals surface area contributed by atoms with Gasteiger partial charge in [-0.1, -0.05) is 24.3 Å². The van der Waals surface area contributed by atoms with Gasteiger partial charge in [0.15, 0.2) is 11.5 Å². The van der Waals surface area contributed by atoms with Gasteiger partial charge in [-0.25, -0.2) is 0 Å². The molecule has 1 unspecified atom stereocenters. The monoisotopic (exact) mass is 415 g/mol. The molecule has 0 radical (unpaired) electrons. The second-order valence-corrected chi connectivity index (χ2v) is 7.91. The molecule has 1 atom stereocenters. The fourth-order valence-electron chi connectivity index (χ4n) is 4.97. The Morgan fingerprint density at radius 2 is 1.71 bits per heavy atom. The zero-order valence-corrected chi connectivity index (χ0v) is 18.0. The van der Waals surface area contributed by atoms with Crippen molar-refractivity contribution in [1.29, 1.82) is 0 Å². The summed E-state index contributed by atoms with van der Waals surface area (Å²) >= 11 is 0. The lowest BCUT2D eigenvalue weighted by molar-refractivity contribution is 0.0658. The first-order valence-corrected chi connectivity index (χ1v) is 10.5. The summed E-state index contributed by atoms with van der Waals surface area (Å²) in [7, 11) is 4.97. The molecule has 3 aromatic carbocycles. The van der Waals surface area contributed by atoms with Crippen molar-refractivity contribution in [2.75, 3.05) is 27.9 Å². The lowest BCUT2D eigenvalue weighted by Gasteiger charge is -2.42. The molecule has 5 nitrogen and oxygen atoms in total. The van der Waals surface area contributed by atoms with Crippen molar-refractivity contribution < 1.29 is 19.0 Å². The van der Waals surface area contributed by atoms with Crippen LogP contribution in [0.15, 0.2) is 54.6 Å². The summed E-state index contributed by atoms with van der Waals surface area (Å²) in [4.78, 5) is 15.5. The summed E-state index contributed by atoms with van der Waals surface area (Å²) in [5.41, 5.74) is 6.51. The van der Waals surface area contributed by atoms with Crippen LogP contribution >= 0.6 is 0 Å². The van der Waals surface area contributed by atoms with Crippen LogP contribution in [0, 0.1) is 0 Å². The number of ether oxygens (including phenoxy) is 3. The minimum atomic E-state index is -0.0388. The third kappa shape index (κ3) is 3.03. The summed E-state index contributed by atoms with van der Waals surface area (Å²) in [6.45, 7) is 0.666. The normalized spacial score (nSPS) is 16.2. The number of hydrogen-bond acceptors (Lipinski definition) is 4. The van der Waals surface area contributed by atoms with Gasteiger partial charge in [0.25, 0.3) is 5.91 Å². The fourth-order valence-corrected chi connectivity index (χ4v) is 4.97. The maximum absolute atomic E-state index is 13.5. The Hall–Kier alpha value is -3.47. The molecule has 1 amide bonds. The Morgan fingerprint density at radius 1 is 0.935 bits per heavy atom. The van der Waals surface area contributed by atoms with Gasteiger partial charge >= 0.3 is 0 Å². The van der Waals surface area contributed by atoms with Crippen LogP contribution in [-0.2, 0) is 12.8 Å². The number of amides is 1. The van der Waals surface area contributed by atoms with E-state index in [2.05, 4.69) is 24.3 Å². The molecule has 31 heavy (non-hydrogen) atoms. The van der Waals surface area contributed by atoms with Crippen LogP contribution < -0.4 is 14.2 Å². The zero-order valence-electron chi connectivity index (χ0n) is 18.0. The van der Waals surface area contributed by atoms with Crippen molar-refractivity contribution in [1.82, 2.24) is 4.90 Å². The summed E-state index contributed by atoms with van der Waals surface area (Å²) in [6, 6.07) is 17.8. The van der Waals surface area contributed by atoms with E-state index in [1.54, 1.807) is 21.3 Å². The van der Waals surface area contributed by atoms with E-state index in [4.69, 9.17) is 14.2 Å². The summed E-state index contributed by atoms with van der Waals surface area (Å²) in [6.07, 6.45) is 1.57. The summed E-state index contributed by atoms with van der Waals surface area (Å²) < 4.78 is 16.7. The SMILES string of the molecule is COc1ccc(C(=O)N2CCc3cc(OC)c(OC)c4c3C2Cc2ccccc2-4)cc1. The Morgan fingerprint density at radius 3 is 2.42 bits per heavy atom. The molecule has 5 heteroatoms. The number of fused-ring (bicyclic) bond motifs is 2. The van der Waals surface area contributed by atoms with Gasteiger partial charge in [-0.05, 0) is 65.4 Å². The first kappa shape index (κ1) is 19.5. The largest absolute Gasteiger partial charge is 0.497 e. The Bertz CT molecular complexity index is 1150. The molecule has 3 aromatic rings. The van der Waals surface area contributed by atoms with E-state index in [-0.39, 0.29) is 11.9 Å². The summed E-state index contributed by atoms with van der Waals surface area (Å²) in [5, 5.41) is 0. The van der Waals surface area contributed by atoms with E-state index in [0.717, 1.165) is 41.2 Å². The van der Waals surface area contributed by atoms with Crippen molar-refractivity contribution >= 4 is 5.91 Å². The van der Waals surface area contributed by atoms with Gasteiger partial charge in [0.05, 0.1) is 27.4 Å². The van der Waals surface area contributed by atoms with E-state index in [1.165, 1.54) is 16.7 Å². The van der Waals surface area contributed by atoms with Crippen LogP contribution in [0.25, 0.3) is 11.1 Å². The molecular formula is C26H25NO4. The molecule has 0 aromatic heterocycles. The number of benzene rings is 3. The molecule has 0 saturated carbocycles. The van der Waals surface area contributed by atoms with Gasteiger partial charge in [0.2, 0.25) is 0 Å². The van der Waals surface area contributed by atoms with Crippen molar-refractivity contribution in [3.63, 3.8) is 0 Å². The second-order valence-electron chi connectivity index (χ2n) is 7.91. The Labute approximate surface area is 182 Å². The average Bonchev–Trinajstić information content (AvgIpc) is 2.83. The minimum Gasteiger partial charge on any atom is -0.497 e. The third-order valence-corrected chi connectivity index (χ3v) is 6.42. The van der Waals surface area contributed by atoms with E-state index >= 15 is 0 Å². The lowest BCUT2D eigenvalue weighted by atomic mass is 9.76. The van der Waals surface area contributed by atoms with Gasteiger partial charge in [0, 0.05) is 17.7 Å². The minimum absolute atomic E-state index is 0.0388. The highest BCUT2D eigenvalue weighted by atomic mass is 16.5. The first-order chi connectivity index (χ1) is 15.2. The lowest BCUT2D eigenvalue weighted by Crippen LogP contribution is -2.42. The second kappa shape index (κ2) is 7.65. The van der Waals surface area contributed by atoms with Crippen LogP contribution in [0.3, 0.4) is 0 Å². The first-order valence-electron chi connectivity index (χ1n) is 10.5. The number of carbonyl (C=O) groups excluding carboxylic acids is 1. The molecule has 0 spiro atoms. The molecule has 0 bridgehead atoms. The van der Waals surface area contributed by atoms with Gasteiger partial charge < -0.3 is 19.1 Å². The van der Waals surface area contributed by atoms with Crippen molar-refractivity contribution in [3.05, 3.63) is 76.9 Å². The summed E-state index contributed by atoms with van der Waals surface area (Å²) in [5.74, 6) is 2.25. The quantitative estimate of drug-likeness (QED) is 0.621. The van der Waals surface area contributed by atoms with Crippen LogP contribution in [-0.4, -0.2) is 38.7 Å². The number of carbonyl (C=O) groups is 1. The van der Waals surface area contributed by atoms with Gasteiger partial charge in [-0.2, -0.15) is 0 Å². The highest BCUT2D eigenvalue weighted by Gasteiger charge is 2.39. The molecule has 2 aliphatic rings. The topological polar surface area (TPSA) is 48.0 Å². The van der Waals surface area contributed by atoms with E-state index in [9.17, 15) is 4.79 Å². The maximum Gasteiger partial charge on any atom is 0.254 e. The zero-order chi connectivity index (χ0) is 21.5. The van der Waals surface area contributed by atoms with E-state index in [1.807, 2.05) is 35.2 Å². The highest BCUT2D eigenvalue weighted by molar-refractivity contribution is 5.95. The van der Waals surface area contributed by atoms with E-state index < -0.39 is 0 Å². The van der Waals surface area contributed by atoms with Crippen LogP contribution in [0.2, 0.25) is 0 Å². The maximum atomic E-state index is 13.5. The predicted molar refractivity (Wildman–Crippen MR) is 119 cm³/mol. The smallest absolute Gasteiger partial charge is 0.254 e. The van der Waals surface area contributed by atoms with Gasteiger partial charge in [0.1, 0.15) is 5.75 Å². The molecule has 0 N–H and O–H groups in total. The Kier molecular flexibility index (Phi) is 4.81. The number of rotatable bonds is 4. The molecule has 1 aliphatic heterocycles. The standard InChI is InChI=1S/C26H25NO4/c1-29-19-10-8-16(9-11-19)26(28)27-13-12-18-15-22(30-2)25(31-3)24-20-7-5-4-6-17(20)14-21(27)23(18)24/h4-11,15,21H,12-14H2,1-3H3. The van der Waals surface area contributed by atoms with E-state index in [0.29, 0.717) is 12.1 Å². The van der Waals surface area contributed by atoms with Gasteiger partial charge in [-0.15, -0.1) is 0 Å². The molecule has 5 rings (SSSR count). The molecule has 0 fully saturated rings. The van der Waals surface area contributed by atoms with Gasteiger partial charge in [-0.3, -0.25) is 4.79 Å². The fraction of sp³-hybridized carbons (Fsp3) is 0.269. The average molecular weight is 415 g/mol. The number of methoxy groups -OCH3 is 3. The molecule has 1 aliphatic carbocycles. The molecule has 1 heterocycles. The Balaban J connectivity index is 1.65.